The van der Waals surface area contributed by atoms with Crippen LogP contribution < -0.4 is 4.90 Å². The topological polar surface area (TPSA) is 96.8 Å². The van der Waals surface area contributed by atoms with Crippen molar-refractivity contribution >= 4 is 45.2 Å². The van der Waals surface area contributed by atoms with E-state index in [2.05, 4.69) is 32.6 Å². The third-order valence-electron chi connectivity index (χ3n) is 7.59. The Morgan fingerprint density at radius 3 is 2.42 bits per heavy atom. The lowest BCUT2D eigenvalue weighted by atomic mass is 10.0. The molecule has 1 aliphatic rings. The molecule has 1 N–H and O–H groups in total. The van der Waals surface area contributed by atoms with Gasteiger partial charge in [0.2, 0.25) is 0 Å². The minimum atomic E-state index is -0.898. The van der Waals surface area contributed by atoms with Gasteiger partial charge < -0.3 is 0 Å². The predicted molar refractivity (Wildman–Crippen MR) is 162 cm³/mol. The van der Waals surface area contributed by atoms with Gasteiger partial charge in [0.05, 0.1) is 29.0 Å². The molecule has 212 valence electrons. The van der Waals surface area contributed by atoms with Crippen LogP contribution in [0.4, 0.5) is 15.9 Å². The Kier molecular flexibility index (Phi) is 6.79. The highest BCUT2D eigenvalue weighted by Gasteiger charge is 2.33. The average molecular weight is 591 g/mol. The number of nitrogens with zero attached hydrogens (tertiary/aromatic N) is 5. The summed E-state index contributed by atoms with van der Waals surface area (Å²) in [6.45, 7) is 0.598. The lowest BCUT2D eigenvalue weighted by Crippen LogP contribution is -2.29. The molecule has 6 aromatic rings. The van der Waals surface area contributed by atoms with Crippen molar-refractivity contribution in [3.63, 3.8) is 0 Å². The van der Waals surface area contributed by atoms with Gasteiger partial charge >= 0.3 is 0 Å². The third kappa shape index (κ3) is 4.97. The summed E-state index contributed by atoms with van der Waals surface area (Å²) in [5.74, 6) is -0.890. The van der Waals surface area contributed by atoms with Crippen molar-refractivity contribution in [1.82, 2.24) is 25.2 Å². The van der Waals surface area contributed by atoms with E-state index in [1.54, 1.807) is 30.3 Å². The quantitative estimate of drug-likeness (QED) is 0.188. The molecule has 2 heterocycles. The molecule has 8 nitrogen and oxygen atoms in total. The van der Waals surface area contributed by atoms with Gasteiger partial charge in [-0.1, -0.05) is 65.9 Å². The number of aromatic nitrogens is 5. The van der Waals surface area contributed by atoms with E-state index in [0.717, 1.165) is 40.3 Å². The van der Waals surface area contributed by atoms with Crippen molar-refractivity contribution in [1.29, 1.82) is 0 Å². The van der Waals surface area contributed by atoms with Crippen molar-refractivity contribution in [2.45, 2.75) is 25.3 Å². The number of rotatable bonds is 8. The zero-order valence-electron chi connectivity index (χ0n) is 22.7. The maximum Gasteiger partial charge on any atom is 0.264 e. The number of H-pyrrole nitrogens is 1. The Balaban J connectivity index is 1.38. The van der Waals surface area contributed by atoms with Crippen LogP contribution in [0.2, 0.25) is 0 Å². The summed E-state index contributed by atoms with van der Waals surface area (Å²) < 4.78 is 17.5. The molecule has 1 fully saturated rings. The normalized spacial score (nSPS) is 12.9. The number of anilines is 2. The molecular weight excluding hydrogens is 567 g/mol. The number of aromatic amines is 1. The second-order valence-corrected chi connectivity index (χ2v) is 10.8. The molecule has 10 heteroatoms. The molecule has 0 saturated heterocycles. The number of hydrogen-bond acceptors (Lipinski definition) is 5. The number of carbonyl (C=O) groups is 2. The number of carbonyl (C=O) groups excluding carboxylic acids is 2. The fourth-order valence-electron chi connectivity index (χ4n) is 5.39. The predicted octanol–water partition coefficient (Wildman–Crippen LogP) is 7.24. The van der Waals surface area contributed by atoms with Crippen molar-refractivity contribution in [2.75, 3.05) is 4.90 Å². The SMILES string of the molecule is O=C(Cl)c1cccc(F)c1N(C(=O)c1ccccc1)c1n[nH]c2ccc(-c3nnn(Cc4ccccc4)c3C3CC3)cc12. The molecule has 0 atom stereocenters. The van der Waals surface area contributed by atoms with E-state index in [1.165, 1.54) is 18.2 Å². The number of halogens is 2. The largest absolute Gasteiger partial charge is 0.276 e. The van der Waals surface area contributed by atoms with Crippen LogP contribution in [0, 0.1) is 5.82 Å². The summed E-state index contributed by atoms with van der Waals surface area (Å²) in [5, 5.41) is 16.1. The lowest BCUT2D eigenvalue weighted by molar-refractivity contribution is 0.0998. The molecule has 43 heavy (non-hydrogen) atoms. The Labute approximate surface area is 250 Å². The summed E-state index contributed by atoms with van der Waals surface area (Å²) in [6.07, 6.45) is 2.10. The van der Waals surface area contributed by atoms with E-state index in [1.807, 2.05) is 41.1 Å². The summed E-state index contributed by atoms with van der Waals surface area (Å²) >= 11 is 5.88. The van der Waals surface area contributed by atoms with Gasteiger partial charge in [0.25, 0.3) is 11.1 Å². The Morgan fingerprint density at radius 2 is 1.70 bits per heavy atom. The third-order valence-corrected chi connectivity index (χ3v) is 7.79. The number of para-hydroxylation sites is 1. The minimum Gasteiger partial charge on any atom is -0.276 e. The molecule has 0 aliphatic heterocycles. The van der Waals surface area contributed by atoms with Gasteiger partial charge in [-0.2, -0.15) is 5.10 Å². The summed E-state index contributed by atoms with van der Waals surface area (Å²) in [6, 6.07) is 28.1. The van der Waals surface area contributed by atoms with Crippen LogP contribution in [-0.4, -0.2) is 36.3 Å². The molecule has 0 radical (unpaired) electrons. The number of benzene rings is 4. The molecule has 2 aromatic heterocycles. The number of hydrogen-bond donors (Lipinski definition) is 1. The second-order valence-electron chi connectivity index (χ2n) is 10.5. The highest BCUT2D eigenvalue weighted by atomic mass is 35.5. The number of nitrogens with one attached hydrogen (secondary N) is 1. The second kappa shape index (κ2) is 10.9. The Morgan fingerprint density at radius 1 is 0.953 bits per heavy atom. The summed E-state index contributed by atoms with van der Waals surface area (Å²) in [5.41, 5.74) is 4.17. The van der Waals surface area contributed by atoms with Crippen LogP contribution in [0.15, 0.2) is 97.1 Å². The van der Waals surface area contributed by atoms with E-state index in [0.29, 0.717) is 23.4 Å². The first-order valence-corrected chi connectivity index (χ1v) is 14.2. The van der Waals surface area contributed by atoms with Crippen molar-refractivity contribution < 1.29 is 14.0 Å². The van der Waals surface area contributed by atoms with E-state index in [4.69, 9.17) is 11.6 Å². The maximum absolute atomic E-state index is 15.5. The van der Waals surface area contributed by atoms with Crippen LogP contribution in [0.5, 0.6) is 0 Å². The number of amides is 1. The molecular formula is C33H24ClFN6O2. The smallest absolute Gasteiger partial charge is 0.264 e. The fourth-order valence-corrected chi connectivity index (χ4v) is 5.55. The summed E-state index contributed by atoms with van der Waals surface area (Å²) in [7, 11) is 0. The van der Waals surface area contributed by atoms with Crippen LogP contribution in [-0.2, 0) is 6.54 Å². The van der Waals surface area contributed by atoms with Gasteiger partial charge in [0.15, 0.2) is 5.82 Å². The summed E-state index contributed by atoms with van der Waals surface area (Å²) in [4.78, 5) is 27.5. The first-order valence-electron chi connectivity index (χ1n) is 13.8. The monoisotopic (exact) mass is 590 g/mol. The van der Waals surface area contributed by atoms with Gasteiger partial charge in [-0.3, -0.25) is 19.6 Å². The average Bonchev–Trinajstić information content (AvgIpc) is 3.66. The molecule has 0 unspecified atom stereocenters. The van der Waals surface area contributed by atoms with Crippen molar-refractivity contribution in [3.8, 4) is 11.3 Å². The Hall–Kier alpha value is -5.15. The van der Waals surface area contributed by atoms with Gasteiger partial charge in [-0.15, -0.1) is 5.10 Å². The van der Waals surface area contributed by atoms with Crippen molar-refractivity contribution in [3.05, 3.63) is 125 Å². The number of fused-ring (bicyclic) bond motifs is 1. The zero-order valence-corrected chi connectivity index (χ0v) is 23.5. The molecule has 4 aromatic carbocycles. The fraction of sp³-hybridized carbons (Fsp3) is 0.121. The van der Waals surface area contributed by atoms with E-state index < -0.39 is 17.0 Å². The first kappa shape index (κ1) is 26.7. The standard InChI is InChI=1S/C33H24ClFN6O2/c34-31(42)24-12-7-13-26(35)30(24)41(33(43)22-10-5-2-6-11-22)32-25-18-23(16-17-27(25)36-38-32)28-29(21-14-15-21)40(39-37-28)19-20-8-3-1-4-9-20/h1-13,16-18,21H,14-15,19H2,(H,36,38). The minimum absolute atomic E-state index is 0.125. The lowest BCUT2D eigenvalue weighted by Gasteiger charge is -2.23. The highest BCUT2D eigenvalue weighted by Crippen LogP contribution is 2.45. The van der Waals surface area contributed by atoms with E-state index in [9.17, 15) is 9.59 Å². The highest BCUT2D eigenvalue weighted by molar-refractivity contribution is 6.68. The molecule has 1 amide bonds. The van der Waals surface area contributed by atoms with Gasteiger partial charge in [-0.05, 0) is 66.4 Å². The molecule has 1 saturated carbocycles. The van der Waals surface area contributed by atoms with Crippen LogP contribution in [0.25, 0.3) is 22.2 Å². The van der Waals surface area contributed by atoms with Gasteiger partial charge in [0, 0.05) is 22.4 Å². The molecule has 0 bridgehead atoms. The van der Waals surface area contributed by atoms with Crippen LogP contribution >= 0.6 is 11.6 Å². The molecule has 7 rings (SSSR count). The molecule has 0 spiro atoms. The van der Waals surface area contributed by atoms with Gasteiger partial charge in [-0.25, -0.2) is 9.07 Å². The molecule has 1 aliphatic carbocycles. The van der Waals surface area contributed by atoms with E-state index in [-0.39, 0.29) is 22.6 Å². The first-order chi connectivity index (χ1) is 21.0. The van der Waals surface area contributed by atoms with Crippen LogP contribution in [0.1, 0.15) is 50.7 Å². The zero-order chi connectivity index (χ0) is 29.5. The van der Waals surface area contributed by atoms with Crippen LogP contribution in [0.3, 0.4) is 0 Å². The Bertz CT molecular complexity index is 1990. The van der Waals surface area contributed by atoms with Gasteiger partial charge in [0.1, 0.15) is 11.5 Å². The van der Waals surface area contributed by atoms with Crippen molar-refractivity contribution in [2.24, 2.45) is 0 Å². The van der Waals surface area contributed by atoms with E-state index >= 15 is 4.39 Å². The maximum atomic E-state index is 15.5.